The van der Waals surface area contributed by atoms with Crippen molar-refractivity contribution in [2.45, 2.75) is 58.2 Å². The topological polar surface area (TPSA) is 112 Å². The molecule has 26 heavy (non-hydrogen) atoms. The number of pyridine rings is 1. The lowest BCUT2D eigenvalue weighted by Gasteiger charge is -2.42. The molecule has 0 aromatic carbocycles. The van der Waals surface area contributed by atoms with Crippen molar-refractivity contribution < 1.29 is 14.0 Å². The summed E-state index contributed by atoms with van der Waals surface area (Å²) < 4.78 is 6.82. The lowest BCUT2D eigenvalue weighted by atomic mass is 10.3. The molecule has 0 radical (unpaired) electrons. The van der Waals surface area contributed by atoms with E-state index in [9.17, 15) is 9.59 Å². The third kappa shape index (κ3) is 4.70. The quantitative estimate of drug-likeness (QED) is 0.288. The Bertz CT molecular complexity index is 646. The highest BCUT2D eigenvalue weighted by Crippen LogP contribution is 2.42. The van der Waals surface area contributed by atoms with Crippen molar-refractivity contribution in [2.75, 3.05) is 12.3 Å². The van der Waals surface area contributed by atoms with Gasteiger partial charge in [-0.05, 0) is 38.6 Å². The second kappa shape index (κ2) is 9.07. The van der Waals surface area contributed by atoms with Gasteiger partial charge in [0.2, 0.25) is 8.32 Å². The molecule has 0 unspecified atom stereocenters. The number of amides is 2. The van der Waals surface area contributed by atoms with Crippen molar-refractivity contribution in [1.82, 2.24) is 9.99 Å². The van der Waals surface area contributed by atoms with Crippen molar-refractivity contribution >= 4 is 41.7 Å². The van der Waals surface area contributed by atoms with Crippen LogP contribution in [0, 0.1) is 0 Å². The van der Waals surface area contributed by atoms with E-state index in [-0.39, 0.29) is 18.0 Å². The van der Waals surface area contributed by atoms with E-state index in [0.717, 1.165) is 0 Å². The van der Waals surface area contributed by atoms with Gasteiger partial charge in [0, 0.05) is 10.7 Å². The number of carbonyl (C=O) groups is 2. The minimum Gasteiger partial charge on any atom is -0.407 e. The molecular weight excluding hydrogens is 416 g/mol. The van der Waals surface area contributed by atoms with Crippen LogP contribution in [0.25, 0.3) is 0 Å². The number of hydrazine groups is 1. The summed E-state index contributed by atoms with van der Waals surface area (Å²) in [6.45, 7) is 12.5. The molecule has 2 amide bonds. The maximum atomic E-state index is 12.4. The lowest BCUT2D eigenvalue weighted by Crippen LogP contribution is -2.52. The van der Waals surface area contributed by atoms with Crippen LogP contribution in [0.4, 0.5) is 5.69 Å². The van der Waals surface area contributed by atoms with Gasteiger partial charge in [0.25, 0.3) is 11.8 Å². The number of rotatable bonds is 7. The molecule has 1 rings (SSSR count). The van der Waals surface area contributed by atoms with Gasteiger partial charge >= 0.3 is 0 Å². The van der Waals surface area contributed by atoms with Crippen LogP contribution >= 0.6 is 15.9 Å². The molecule has 0 fully saturated rings. The summed E-state index contributed by atoms with van der Waals surface area (Å²) >= 11 is 3.22. The first-order chi connectivity index (χ1) is 11.9. The second-order valence-electron chi connectivity index (χ2n) is 7.27. The smallest absolute Gasteiger partial charge is 0.295 e. The van der Waals surface area contributed by atoms with Crippen LogP contribution in [0.5, 0.6) is 0 Å². The number of hydrogen-bond donors (Lipinski definition) is 2. The molecule has 7 nitrogen and oxygen atoms in total. The number of nitrogens with zero attached hydrogens (tertiary/aromatic N) is 2. The van der Waals surface area contributed by atoms with Gasteiger partial charge in [-0.1, -0.05) is 41.5 Å². The normalized spacial score (nSPS) is 12.1. The average Bonchev–Trinajstić information content (AvgIpc) is 2.52. The molecule has 4 N–H and O–H groups in total. The van der Waals surface area contributed by atoms with Crippen LogP contribution in [0.3, 0.4) is 0 Å². The summed E-state index contributed by atoms with van der Waals surface area (Å²) in [5.74, 6) is 4.35. The molecule has 9 heteroatoms. The Morgan fingerprint density at radius 1 is 1.19 bits per heavy atom. The number of aromatic nitrogens is 1. The van der Waals surface area contributed by atoms with E-state index in [1.807, 2.05) is 0 Å². The SMILES string of the molecule is CC(C)[Si](OCC(=O)N(N)C(=O)c1ncc(Br)cc1N)(C(C)C)C(C)C. The van der Waals surface area contributed by atoms with Gasteiger partial charge in [0.1, 0.15) is 6.61 Å². The molecule has 0 spiro atoms. The fourth-order valence-corrected chi connectivity index (χ4v) is 9.34. The number of nitrogen functional groups attached to an aromatic ring is 1. The van der Waals surface area contributed by atoms with Crippen LogP contribution in [0.1, 0.15) is 52.0 Å². The van der Waals surface area contributed by atoms with Gasteiger partial charge in [0.05, 0.1) is 5.69 Å². The Hall–Kier alpha value is -1.29. The molecule has 0 aliphatic carbocycles. The van der Waals surface area contributed by atoms with Gasteiger partial charge in [-0.3, -0.25) is 9.59 Å². The fourth-order valence-electron chi connectivity index (χ4n) is 3.62. The van der Waals surface area contributed by atoms with E-state index in [1.54, 1.807) is 0 Å². The highest BCUT2D eigenvalue weighted by atomic mass is 79.9. The first-order valence-electron chi connectivity index (χ1n) is 8.62. The Balaban J connectivity index is 2.93. The van der Waals surface area contributed by atoms with Crippen molar-refractivity contribution in [2.24, 2.45) is 5.84 Å². The van der Waals surface area contributed by atoms with E-state index in [0.29, 0.717) is 26.1 Å². The summed E-state index contributed by atoms with van der Waals surface area (Å²) in [5.41, 5.74) is 6.83. The Morgan fingerprint density at radius 3 is 2.12 bits per heavy atom. The molecule has 0 atom stereocenters. The predicted molar refractivity (Wildman–Crippen MR) is 109 cm³/mol. The maximum absolute atomic E-state index is 12.4. The number of hydrogen-bond acceptors (Lipinski definition) is 6. The van der Waals surface area contributed by atoms with Crippen LogP contribution in [-0.4, -0.2) is 36.7 Å². The summed E-state index contributed by atoms with van der Waals surface area (Å²) in [6, 6.07) is 1.53. The van der Waals surface area contributed by atoms with Crippen LogP contribution in [-0.2, 0) is 9.22 Å². The van der Waals surface area contributed by atoms with E-state index in [1.165, 1.54) is 12.3 Å². The molecule has 1 aromatic rings. The van der Waals surface area contributed by atoms with Gasteiger partial charge in [-0.15, -0.1) is 0 Å². The van der Waals surface area contributed by atoms with E-state index in [4.69, 9.17) is 16.0 Å². The van der Waals surface area contributed by atoms with E-state index in [2.05, 4.69) is 62.5 Å². The summed E-state index contributed by atoms with van der Waals surface area (Å²) in [4.78, 5) is 28.8. The highest BCUT2D eigenvalue weighted by molar-refractivity contribution is 9.10. The van der Waals surface area contributed by atoms with Crippen molar-refractivity contribution in [3.8, 4) is 0 Å². The lowest BCUT2D eigenvalue weighted by molar-refractivity contribution is -0.131. The monoisotopic (exact) mass is 444 g/mol. The zero-order valence-electron chi connectivity index (χ0n) is 16.2. The first kappa shape index (κ1) is 22.7. The molecule has 146 valence electrons. The molecular formula is C17H29BrN4O3Si. The first-order valence-corrected chi connectivity index (χ1v) is 11.5. The maximum Gasteiger partial charge on any atom is 0.295 e. The summed E-state index contributed by atoms with van der Waals surface area (Å²) in [7, 11) is -2.23. The number of halogens is 1. The molecule has 0 bridgehead atoms. The van der Waals surface area contributed by atoms with Crippen LogP contribution in [0.15, 0.2) is 16.7 Å². The van der Waals surface area contributed by atoms with Gasteiger partial charge < -0.3 is 10.2 Å². The third-order valence-electron chi connectivity index (χ3n) is 4.73. The van der Waals surface area contributed by atoms with E-state index < -0.39 is 20.1 Å². The molecule has 0 aliphatic heterocycles. The van der Waals surface area contributed by atoms with Gasteiger partial charge in [-0.2, -0.15) is 0 Å². The molecule has 0 saturated heterocycles. The summed E-state index contributed by atoms with van der Waals surface area (Å²) in [5, 5.41) is 0.534. The second-order valence-corrected chi connectivity index (χ2v) is 13.6. The Kier molecular flexibility index (Phi) is 7.94. The molecule has 0 saturated carbocycles. The van der Waals surface area contributed by atoms with Gasteiger partial charge in [-0.25, -0.2) is 15.8 Å². The zero-order valence-corrected chi connectivity index (χ0v) is 18.8. The summed E-state index contributed by atoms with van der Waals surface area (Å²) in [6.07, 6.45) is 1.42. The average molecular weight is 445 g/mol. The minimum absolute atomic E-state index is 0.0656. The molecule has 1 heterocycles. The number of nitrogens with two attached hydrogens (primary N) is 2. The number of imide groups is 1. The van der Waals surface area contributed by atoms with Crippen LogP contribution in [0.2, 0.25) is 16.6 Å². The van der Waals surface area contributed by atoms with Crippen molar-refractivity contribution in [1.29, 1.82) is 0 Å². The fraction of sp³-hybridized carbons (Fsp3) is 0.588. The number of anilines is 1. The standard InChI is InChI=1S/C17H29BrN4O3Si/c1-10(2)26(11(3)4,12(5)6)25-9-15(23)22(20)17(24)16-14(19)7-13(18)8-21-16/h7-8,10-12H,9,19-20H2,1-6H3. The minimum atomic E-state index is -2.23. The predicted octanol–water partition coefficient (Wildman–Crippen LogP) is 3.46. The third-order valence-corrected chi connectivity index (χ3v) is 11.2. The van der Waals surface area contributed by atoms with Crippen LogP contribution < -0.4 is 11.6 Å². The number of carbonyl (C=O) groups excluding carboxylic acids is 2. The van der Waals surface area contributed by atoms with Gasteiger partial charge in [0.15, 0.2) is 5.69 Å². The van der Waals surface area contributed by atoms with Crippen molar-refractivity contribution in [3.63, 3.8) is 0 Å². The van der Waals surface area contributed by atoms with Crippen molar-refractivity contribution in [3.05, 3.63) is 22.4 Å². The Morgan fingerprint density at radius 2 is 1.69 bits per heavy atom. The molecule has 1 aromatic heterocycles. The zero-order chi connectivity index (χ0) is 20.2. The molecule has 0 aliphatic rings. The largest absolute Gasteiger partial charge is 0.407 e. The van der Waals surface area contributed by atoms with E-state index >= 15 is 0 Å². The Labute approximate surface area is 164 Å². The highest BCUT2D eigenvalue weighted by Gasteiger charge is 2.45.